The van der Waals surface area contributed by atoms with E-state index < -0.39 is 6.09 Å². The van der Waals surface area contributed by atoms with E-state index >= 15 is 0 Å². The molecule has 0 atom stereocenters. The number of hydrogen-bond acceptors (Lipinski definition) is 4. The highest BCUT2D eigenvalue weighted by molar-refractivity contribution is 5.92. The van der Waals surface area contributed by atoms with Crippen LogP contribution < -0.4 is 15.0 Å². The highest BCUT2D eigenvalue weighted by atomic mass is 16.5. The molecule has 0 saturated heterocycles. The summed E-state index contributed by atoms with van der Waals surface area (Å²) in [6.07, 6.45) is 5.65. The van der Waals surface area contributed by atoms with Crippen LogP contribution in [0.25, 0.3) is 0 Å². The number of carbonyl (C=O) groups excluding carboxylic acids is 2. The van der Waals surface area contributed by atoms with Crippen LogP contribution in [0.2, 0.25) is 0 Å². The van der Waals surface area contributed by atoms with Crippen molar-refractivity contribution in [3.05, 3.63) is 54.1 Å². The van der Waals surface area contributed by atoms with Gasteiger partial charge >= 0.3 is 6.09 Å². The van der Waals surface area contributed by atoms with Gasteiger partial charge in [-0.25, -0.2) is 4.79 Å². The molecule has 2 aromatic rings. The highest BCUT2D eigenvalue weighted by Crippen LogP contribution is 2.25. The van der Waals surface area contributed by atoms with Crippen molar-refractivity contribution in [2.75, 3.05) is 24.4 Å². The summed E-state index contributed by atoms with van der Waals surface area (Å²) in [4.78, 5) is 25.2. The van der Waals surface area contributed by atoms with Crippen molar-refractivity contribution in [3.63, 3.8) is 0 Å². The molecule has 1 fully saturated rings. The topological polar surface area (TPSA) is 67.9 Å². The average molecular weight is 396 g/mol. The zero-order chi connectivity index (χ0) is 20.6. The standard InChI is InChI=1S/C23H28N2O4/c1-25(23(27)28-2)19-13-11-18(12-14-19)24-22(26)15-10-17-6-5-9-21(16-17)29-20-7-3-4-8-20/h5-6,9,11-14,16,20H,3-4,7-8,10,15H2,1-2H3,(H,24,26). The Morgan fingerprint density at radius 2 is 1.83 bits per heavy atom. The fourth-order valence-electron chi connectivity index (χ4n) is 3.47. The molecule has 0 aromatic heterocycles. The van der Waals surface area contributed by atoms with E-state index in [0.717, 1.165) is 24.2 Å². The molecule has 0 aliphatic heterocycles. The van der Waals surface area contributed by atoms with Crippen molar-refractivity contribution in [2.45, 2.75) is 44.6 Å². The van der Waals surface area contributed by atoms with Gasteiger partial charge in [-0.05, 0) is 74.1 Å². The minimum absolute atomic E-state index is 0.0545. The van der Waals surface area contributed by atoms with Gasteiger partial charge in [-0.2, -0.15) is 0 Å². The maximum Gasteiger partial charge on any atom is 0.413 e. The summed E-state index contributed by atoms with van der Waals surface area (Å²) in [7, 11) is 2.97. The van der Waals surface area contributed by atoms with Gasteiger partial charge in [0.05, 0.1) is 13.2 Å². The Morgan fingerprint density at radius 1 is 1.10 bits per heavy atom. The lowest BCUT2D eigenvalue weighted by molar-refractivity contribution is -0.116. The normalized spacial score (nSPS) is 13.7. The van der Waals surface area contributed by atoms with Crippen LogP contribution in [0.3, 0.4) is 0 Å². The fourth-order valence-corrected chi connectivity index (χ4v) is 3.47. The van der Waals surface area contributed by atoms with Gasteiger partial charge in [-0.15, -0.1) is 0 Å². The number of hydrogen-bond donors (Lipinski definition) is 1. The van der Waals surface area contributed by atoms with Crippen LogP contribution in [0.1, 0.15) is 37.7 Å². The lowest BCUT2D eigenvalue weighted by Gasteiger charge is -2.16. The smallest absolute Gasteiger partial charge is 0.413 e. The van der Waals surface area contributed by atoms with Crippen LogP contribution in [0.15, 0.2) is 48.5 Å². The molecule has 2 amide bonds. The van der Waals surface area contributed by atoms with Crippen molar-refractivity contribution >= 4 is 23.4 Å². The van der Waals surface area contributed by atoms with Gasteiger partial charge in [-0.1, -0.05) is 12.1 Å². The molecule has 0 unspecified atom stereocenters. The van der Waals surface area contributed by atoms with Gasteiger partial charge in [0.1, 0.15) is 5.75 Å². The molecule has 1 aliphatic carbocycles. The molecular formula is C23H28N2O4. The molecule has 29 heavy (non-hydrogen) atoms. The number of benzene rings is 2. The summed E-state index contributed by atoms with van der Waals surface area (Å²) in [5.74, 6) is 0.835. The van der Waals surface area contributed by atoms with Gasteiger partial charge < -0.3 is 14.8 Å². The van der Waals surface area contributed by atoms with Crippen LogP contribution in [0.4, 0.5) is 16.2 Å². The van der Waals surface area contributed by atoms with Crippen molar-refractivity contribution in [2.24, 2.45) is 0 Å². The number of ether oxygens (including phenoxy) is 2. The van der Waals surface area contributed by atoms with E-state index in [4.69, 9.17) is 4.74 Å². The van der Waals surface area contributed by atoms with Crippen LogP contribution in [-0.4, -0.2) is 32.3 Å². The van der Waals surface area contributed by atoms with Crippen LogP contribution in [0.5, 0.6) is 5.75 Å². The first-order chi connectivity index (χ1) is 14.0. The van der Waals surface area contributed by atoms with Crippen molar-refractivity contribution in [1.29, 1.82) is 0 Å². The summed E-state index contributed by atoms with van der Waals surface area (Å²) in [6, 6.07) is 15.1. The Labute approximate surface area is 171 Å². The van der Waals surface area contributed by atoms with Gasteiger partial charge in [0.25, 0.3) is 0 Å². The monoisotopic (exact) mass is 396 g/mol. The number of methoxy groups -OCH3 is 1. The third kappa shape index (κ3) is 5.98. The van der Waals surface area contributed by atoms with E-state index in [0.29, 0.717) is 30.3 Å². The van der Waals surface area contributed by atoms with Crippen LogP contribution >= 0.6 is 0 Å². The SMILES string of the molecule is COC(=O)N(C)c1ccc(NC(=O)CCc2cccc(OC3CCCC3)c2)cc1. The van der Waals surface area contributed by atoms with Crippen molar-refractivity contribution in [1.82, 2.24) is 0 Å². The molecule has 0 spiro atoms. The molecule has 1 aliphatic rings. The lowest BCUT2D eigenvalue weighted by atomic mass is 10.1. The Bertz CT molecular complexity index is 829. The number of amides is 2. The molecule has 0 bridgehead atoms. The van der Waals surface area contributed by atoms with E-state index in [-0.39, 0.29) is 5.91 Å². The predicted molar refractivity (Wildman–Crippen MR) is 114 cm³/mol. The summed E-state index contributed by atoms with van der Waals surface area (Å²) in [6.45, 7) is 0. The summed E-state index contributed by atoms with van der Waals surface area (Å²) in [5, 5.41) is 2.89. The highest BCUT2D eigenvalue weighted by Gasteiger charge is 2.16. The van der Waals surface area contributed by atoms with E-state index in [1.807, 2.05) is 24.3 Å². The van der Waals surface area contributed by atoms with Crippen LogP contribution in [0, 0.1) is 0 Å². The number of nitrogens with one attached hydrogen (secondary N) is 1. The van der Waals surface area contributed by atoms with Gasteiger partial charge in [0, 0.05) is 24.8 Å². The lowest BCUT2D eigenvalue weighted by Crippen LogP contribution is -2.25. The van der Waals surface area contributed by atoms with Crippen molar-refractivity contribution in [3.8, 4) is 5.75 Å². The maximum absolute atomic E-state index is 12.3. The zero-order valence-electron chi connectivity index (χ0n) is 17.0. The number of anilines is 2. The number of nitrogens with zero attached hydrogens (tertiary/aromatic N) is 1. The quantitative estimate of drug-likeness (QED) is 0.731. The zero-order valence-corrected chi connectivity index (χ0v) is 17.0. The molecule has 154 valence electrons. The van der Waals surface area contributed by atoms with Crippen LogP contribution in [-0.2, 0) is 16.0 Å². The first kappa shape index (κ1) is 20.7. The third-order valence-corrected chi connectivity index (χ3v) is 5.13. The maximum atomic E-state index is 12.3. The van der Waals surface area contributed by atoms with E-state index in [9.17, 15) is 9.59 Å². The molecule has 2 aromatic carbocycles. The second kappa shape index (κ2) is 9.96. The first-order valence-electron chi connectivity index (χ1n) is 10.0. The van der Waals surface area contributed by atoms with E-state index in [1.165, 1.54) is 24.9 Å². The molecule has 6 nitrogen and oxygen atoms in total. The van der Waals surface area contributed by atoms with E-state index in [2.05, 4.69) is 10.1 Å². The van der Waals surface area contributed by atoms with Crippen molar-refractivity contribution < 1.29 is 19.1 Å². The average Bonchev–Trinajstić information content (AvgIpc) is 3.25. The Morgan fingerprint density at radius 3 is 2.52 bits per heavy atom. The first-order valence-corrected chi connectivity index (χ1v) is 10.0. The molecule has 3 rings (SSSR count). The summed E-state index contributed by atoms with van der Waals surface area (Å²) < 4.78 is 10.7. The Hall–Kier alpha value is -3.02. The number of rotatable bonds is 7. The second-order valence-corrected chi connectivity index (χ2v) is 7.30. The molecule has 6 heteroatoms. The molecule has 1 saturated carbocycles. The minimum atomic E-state index is -0.444. The molecule has 0 heterocycles. The van der Waals surface area contributed by atoms with E-state index in [1.54, 1.807) is 31.3 Å². The predicted octanol–water partition coefficient (Wildman–Crippen LogP) is 4.78. The van der Waals surface area contributed by atoms with Gasteiger partial charge in [-0.3, -0.25) is 9.69 Å². The van der Waals surface area contributed by atoms with Gasteiger partial charge in [0.15, 0.2) is 0 Å². The number of carbonyl (C=O) groups is 2. The minimum Gasteiger partial charge on any atom is -0.490 e. The third-order valence-electron chi connectivity index (χ3n) is 5.13. The summed E-state index contributed by atoms with van der Waals surface area (Å²) in [5.41, 5.74) is 2.47. The largest absolute Gasteiger partial charge is 0.490 e. The molecule has 0 radical (unpaired) electrons. The Kier molecular flexibility index (Phi) is 7.11. The molecule has 1 N–H and O–H groups in total. The fraction of sp³-hybridized carbons (Fsp3) is 0.391. The summed E-state index contributed by atoms with van der Waals surface area (Å²) >= 11 is 0. The van der Waals surface area contributed by atoms with Gasteiger partial charge in [0.2, 0.25) is 5.91 Å². The number of aryl methyl sites for hydroxylation is 1. The second-order valence-electron chi connectivity index (χ2n) is 7.30. The molecular weight excluding hydrogens is 368 g/mol. The Balaban J connectivity index is 1.49.